The second-order valence-corrected chi connectivity index (χ2v) is 9.76. The van der Waals surface area contributed by atoms with E-state index in [0.717, 1.165) is 11.1 Å². The molecule has 1 saturated heterocycles. The Morgan fingerprint density at radius 2 is 1.60 bits per heavy atom. The highest BCUT2D eigenvalue weighted by Gasteiger charge is 2.38. The Labute approximate surface area is 231 Å². The van der Waals surface area contributed by atoms with Crippen LogP contribution in [0.25, 0.3) is 0 Å². The van der Waals surface area contributed by atoms with Gasteiger partial charge in [-0.3, -0.25) is 24.0 Å². The van der Waals surface area contributed by atoms with Crippen LogP contribution in [0, 0.1) is 0 Å². The minimum atomic E-state index is -1.20. The SMILES string of the molecule is CC(NC(=O)C(N)Cc1ccc(O)cc1)C(=O)NC(Cc1ccccc1)C(=O)N1CCCC1C(=O)NCC(=O)O. The van der Waals surface area contributed by atoms with Gasteiger partial charge in [-0.15, -0.1) is 0 Å². The second-order valence-electron chi connectivity index (χ2n) is 9.76. The summed E-state index contributed by atoms with van der Waals surface area (Å²) < 4.78 is 0. The summed E-state index contributed by atoms with van der Waals surface area (Å²) in [7, 11) is 0. The predicted molar refractivity (Wildman–Crippen MR) is 145 cm³/mol. The Kier molecular flexibility index (Phi) is 10.6. The van der Waals surface area contributed by atoms with Crippen molar-refractivity contribution in [2.24, 2.45) is 5.73 Å². The van der Waals surface area contributed by atoms with Gasteiger partial charge in [0.1, 0.15) is 30.4 Å². The number of nitrogens with one attached hydrogen (secondary N) is 3. The average molecular weight is 554 g/mol. The van der Waals surface area contributed by atoms with Gasteiger partial charge in [0.2, 0.25) is 23.6 Å². The van der Waals surface area contributed by atoms with E-state index < -0.39 is 60.3 Å². The smallest absolute Gasteiger partial charge is 0.322 e. The molecule has 1 aliphatic heterocycles. The Hall–Kier alpha value is -4.45. The summed E-state index contributed by atoms with van der Waals surface area (Å²) in [6.07, 6.45) is 1.26. The number of aliphatic carboxylic acids is 1. The molecular weight excluding hydrogens is 518 g/mol. The van der Waals surface area contributed by atoms with Gasteiger partial charge in [-0.05, 0) is 49.4 Å². The average Bonchev–Trinajstić information content (AvgIpc) is 3.42. The van der Waals surface area contributed by atoms with Crippen molar-refractivity contribution < 1.29 is 34.2 Å². The molecule has 40 heavy (non-hydrogen) atoms. The van der Waals surface area contributed by atoms with E-state index in [1.54, 1.807) is 36.4 Å². The zero-order valence-electron chi connectivity index (χ0n) is 22.2. The number of phenols is 1. The number of rotatable bonds is 12. The number of amides is 4. The first-order valence-electron chi connectivity index (χ1n) is 13.0. The standard InChI is InChI=1S/C28H35N5O7/c1-17(31-26(38)21(29)14-19-9-11-20(34)12-10-19)25(37)32-22(15-18-6-3-2-4-7-18)28(40)33-13-5-8-23(33)27(39)30-16-24(35)36/h2-4,6-7,9-12,17,21-23,34H,5,8,13-16,29H2,1H3,(H,30,39)(H,31,38)(H,32,37)(H,35,36). The normalized spacial score (nSPS) is 16.9. The van der Waals surface area contributed by atoms with Crippen molar-refractivity contribution in [2.45, 2.75) is 56.8 Å². The molecule has 2 aromatic carbocycles. The molecule has 0 bridgehead atoms. The van der Waals surface area contributed by atoms with Crippen molar-refractivity contribution in [3.63, 3.8) is 0 Å². The fourth-order valence-corrected chi connectivity index (χ4v) is 4.50. The predicted octanol–water partition coefficient (Wildman–Crippen LogP) is -0.314. The quantitative estimate of drug-likeness (QED) is 0.206. The number of likely N-dealkylation sites (tertiary alicyclic amines) is 1. The monoisotopic (exact) mass is 553 g/mol. The van der Waals surface area contributed by atoms with Crippen LogP contribution in [0.4, 0.5) is 0 Å². The Balaban J connectivity index is 1.67. The summed E-state index contributed by atoms with van der Waals surface area (Å²) in [6, 6.07) is 11.4. The van der Waals surface area contributed by atoms with Crippen LogP contribution in [0.3, 0.4) is 0 Å². The Morgan fingerprint density at radius 3 is 2.25 bits per heavy atom. The van der Waals surface area contributed by atoms with Crippen LogP contribution in [0.1, 0.15) is 30.9 Å². The lowest BCUT2D eigenvalue weighted by atomic mass is 10.0. The van der Waals surface area contributed by atoms with E-state index in [4.69, 9.17) is 10.8 Å². The number of hydrogen-bond acceptors (Lipinski definition) is 7. The number of aromatic hydroxyl groups is 1. The summed E-state index contributed by atoms with van der Waals surface area (Å²) in [4.78, 5) is 64.2. The first-order chi connectivity index (χ1) is 19.0. The van der Waals surface area contributed by atoms with Crippen molar-refractivity contribution in [2.75, 3.05) is 13.1 Å². The fraction of sp³-hybridized carbons (Fsp3) is 0.393. The topological polar surface area (TPSA) is 191 Å². The largest absolute Gasteiger partial charge is 0.508 e. The first kappa shape index (κ1) is 30.1. The molecule has 214 valence electrons. The van der Waals surface area contributed by atoms with Crippen LogP contribution < -0.4 is 21.7 Å². The Bertz CT molecular complexity index is 1210. The van der Waals surface area contributed by atoms with Gasteiger partial charge in [0, 0.05) is 13.0 Å². The molecule has 0 radical (unpaired) electrons. The molecule has 1 heterocycles. The number of carbonyl (C=O) groups is 5. The maximum atomic E-state index is 13.6. The van der Waals surface area contributed by atoms with Crippen LogP contribution in [0.2, 0.25) is 0 Å². The van der Waals surface area contributed by atoms with E-state index in [1.165, 1.54) is 24.0 Å². The highest BCUT2D eigenvalue weighted by Crippen LogP contribution is 2.20. The molecule has 4 unspecified atom stereocenters. The lowest BCUT2D eigenvalue weighted by molar-refractivity contribution is -0.143. The lowest BCUT2D eigenvalue weighted by Crippen LogP contribution is -2.57. The summed E-state index contributed by atoms with van der Waals surface area (Å²) in [6.45, 7) is 1.19. The molecular formula is C28H35N5O7. The van der Waals surface area contributed by atoms with E-state index in [0.29, 0.717) is 12.8 Å². The van der Waals surface area contributed by atoms with Crippen molar-refractivity contribution in [1.29, 1.82) is 0 Å². The minimum Gasteiger partial charge on any atom is -0.508 e. The molecule has 0 spiro atoms. The fourth-order valence-electron chi connectivity index (χ4n) is 4.50. The van der Waals surface area contributed by atoms with Crippen LogP contribution >= 0.6 is 0 Å². The number of carbonyl (C=O) groups excluding carboxylic acids is 4. The first-order valence-corrected chi connectivity index (χ1v) is 13.0. The third-order valence-corrected chi connectivity index (χ3v) is 6.63. The molecule has 12 heteroatoms. The number of carboxylic acids is 1. The van der Waals surface area contributed by atoms with E-state index in [9.17, 15) is 29.1 Å². The van der Waals surface area contributed by atoms with Gasteiger partial charge in [0.05, 0.1) is 6.04 Å². The number of phenolic OH excluding ortho intramolecular Hbond substituents is 1. The summed E-state index contributed by atoms with van der Waals surface area (Å²) >= 11 is 0. The molecule has 0 saturated carbocycles. The second kappa shape index (κ2) is 14.1. The van der Waals surface area contributed by atoms with Crippen molar-refractivity contribution in [3.8, 4) is 5.75 Å². The third kappa shape index (κ3) is 8.53. The maximum Gasteiger partial charge on any atom is 0.322 e. The van der Waals surface area contributed by atoms with Crippen LogP contribution in [-0.4, -0.2) is 82.0 Å². The number of carboxylic acid groups (broad SMARTS) is 1. The summed E-state index contributed by atoms with van der Waals surface area (Å²) in [5.41, 5.74) is 7.53. The molecule has 4 atom stereocenters. The minimum absolute atomic E-state index is 0.0906. The molecule has 1 aliphatic rings. The number of benzene rings is 2. The van der Waals surface area contributed by atoms with Gasteiger partial charge in [0.25, 0.3) is 0 Å². The van der Waals surface area contributed by atoms with Crippen molar-refractivity contribution in [3.05, 3.63) is 65.7 Å². The lowest BCUT2D eigenvalue weighted by Gasteiger charge is -2.29. The van der Waals surface area contributed by atoms with Gasteiger partial charge < -0.3 is 36.8 Å². The van der Waals surface area contributed by atoms with E-state index in [1.807, 2.05) is 6.07 Å². The maximum absolute atomic E-state index is 13.6. The number of hydrogen-bond donors (Lipinski definition) is 6. The van der Waals surface area contributed by atoms with Crippen molar-refractivity contribution in [1.82, 2.24) is 20.9 Å². The van der Waals surface area contributed by atoms with Gasteiger partial charge in [-0.25, -0.2) is 0 Å². The molecule has 3 rings (SSSR count). The third-order valence-electron chi connectivity index (χ3n) is 6.63. The number of nitrogens with two attached hydrogens (primary N) is 1. The highest BCUT2D eigenvalue weighted by molar-refractivity contribution is 5.95. The van der Waals surface area contributed by atoms with Gasteiger partial charge in [-0.1, -0.05) is 42.5 Å². The van der Waals surface area contributed by atoms with Crippen LogP contribution in [0.15, 0.2) is 54.6 Å². The van der Waals surface area contributed by atoms with Crippen LogP contribution in [-0.2, 0) is 36.8 Å². The highest BCUT2D eigenvalue weighted by atomic mass is 16.4. The Morgan fingerprint density at radius 1 is 0.950 bits per heavy atom. The summed E-state index contributed by atoms with van der Waals surface area (Å²) in [5.74, 6) is -3.32. The van der Waals surface area contributed by atoms with E-state index in [2.05, 4.69) is 16.0 Å². The zero-order chi connectivity index (χ0) is 29.2. The van der Waals surface area contributed by atoms with Gasteiger partial charge in [0.15, 0.2) is 0 Å². The molecule has 0 aromatic heterocycles. The van der Waals surface area contributed by atoms with Gasteiger partial charge in [-0.2, -0.15) is 0 Å². The van der Waals surface area contributed by atoms with Gasteiger partial charge >= 0.3 is 5.97 Å². The zero-order valence-corrected chi connectivity index (χ0v) is 22.2. The molecule has 2 aromatic rings. The molecule has 0 aliphatic carbocycles. The molecule has 7 N–H and O–H groups in total. The molecule has 4 amide bonds. The van der Waals surface area contributed by atoms with Crippen LogP contribution in [0.5, 0.6) is 5.75 Å². The summed E-state index contributed by atoms with van der Waals surface area (Å²) in [5, 5.41) is 25.9. The number of nitrogens with zero attached hydrogens (tertiary/aromatic N) is 1. The van der Waals surface area contributed by atoms with Crippen molar-refractivity contribution >= 4 is 29.6 Å². The van der Waals surface area contributed by atoms with E-state index in [-0.39, 0.29) is 25.1 Å². The molecule has 12 nitrogen and oxygen atoms in total. The van der Waals surface area contributed by atoms with E-state index >= 15 is 0 Å². The molecule has 1 fully saturated rings.